The summed E-state index contributed by atoms with van der Waals surface area (Å²) in [5.41, 5.74) is 1.63. The van der Waals surface area contributed by atoms with Crippen molar-refractivity contribution in [1.29, 1.82) is 0 Å². The predicted molar refractivity (Wildman–Crippen MR) is 120 cm³/mol. The van der Waals surface area contributed by atoms with E-state index in [4.69, 9.17) is 4.74 Å². The van der Waals surface area contributed by atoms with Crippen LogP contribution in [-0.2, 0) is 4.74 Å². The Morgan fingerprint density at radius 2 is 2.11 bits per heavy atom. The fraction of sp³-hybridized carbons (Fsp3) is 0.522. The first-order valence-corrected chi connectivity index (χ1v) is 10.6. The number of carbonyl (C=O) groups excluding carboxylic acids is 1. The first-order chi connectivity index (χ1) is 13.3. The van der Waals surface area contributed by atoms with Gasteiger partial charge in [0, 0.05) is 36.1 Å². The monoisotopic (exact) mass is 402 g/mol. The van der Waals surface area contributed by atoms with Crippen molar-refractivity contribution in [2.75, 3.05) is 13.1 Å². The van der Waals surface area contributed by atoms with Crippen molar-refractivity contribution >= 4 is 24.8 Å². The Morgan fingerprint density at radius 1 is 1.36 bits per heavy atom. The zero-order valence-corrected chi connectivity index (χ0v) is 18.3. The Bertz CT molecular complexity index is 694. The van der Waals surface area contributed by atoms with Gasteiger partial charge in [0.05, 0.1) is 0 Å². The Hall–Kier alpha value is -1.88. The fourth-order valence-electron chi connectivity index (χ4n) is 3.31. The van der Waals surface area contributed by atoms with Crippen molar-refractivity contribution in [2.24, 2.45) is 0 Å². The normalized spacial score (nSPS) is 17.6. The van der Waals surface area contributed by atoms with E-state index in [0.29, 0.717) is 0 Å². The van der Waals surface area contributed by atoms with E-state index in [0.717, 1.165) is 61.3 Å². The van der Waals surface area contributed by atoms with Crippen LogP contribution in [0.25, 0.3) is 6.08 Å². The van der Waals surface area contributed by atoms with Gasteiger partial charge in [-0.3, -0.25) is 0 Å². The molecule has 0 aliphatic carbocycles. The molecule has 0 bridgehead atoms. The molecule has 0 radical (unpaired) electrons. The van der Waals surface area contributed by atoms with E-state index < -0.39 is 5.60 Å². The number of piperidine rings is 1. The summed E-state index contributed by atoms with van der Waals surface area (Å²) in [6.45, 7) is 11.4. The lowest BCUT2D eigenvalue weighted by Crippen LogP contribution is -2.47. The number of benzene rings is 1. The van der Waals surface area contributed by atoms with Crippen LogP contribution in [0.3, 0.4) is 0 Å². The van der Waals surface area contributed by atoms with Crippen LogP contribution in [0, 0.1) is 0 Å². The number of amides is 1. The minimum Gasteiger partial charge on any atom is -0.444 e. The van der Waals surface area contributed by atoms with Gasteiger partial charge in [-0.05, 0) is 58.1 Å². The summed E-state index contributed by atoms with van der Waals surface area (Å²) in [7, 11) is 0. The molecule has 5 heteroatoms. The van der Waals surface area contributed by atoms with Crippen molar-refractivity contribution in [3.63, 3.8) is 0 Å². The van der Waals surface area contributed by atoms with E-state index in [1.807, 2.05) is 49.9 Å². The van der Waals surface area contributed by atoms with Gasteiger partial charge in [-0.2, -0.15) is 0 Å². The minimum atomic E-state index is -0.455. The van der Waals surface area contributed by atoms with E-state index in [1.165, 1.54) is 0 Å². The molecule has 0 aromatic heterocycles. The molecule has 1 aliphatic heterocycles. The van der Waals surface area contributed by atoms with Gasteiger partial charge in [0.25, 0.3) is 0 Å². The third-order valence-electron chi connectivity index (χ3n) is 4.71. The van der Waals surface area contributed by atoms with E-state index >= 15 is 0 Å². The Balaban J connectivity index is 1.76. The summed E-state index contributed by atoms with van der Waals surface area (Å²) >= 11 is 4.46. The number of nitrogens with zero attached hydrogens (tertiary/aromatic N) is 1. The second-order valence-electron chi connectivity index (χ2n) is 8.31. The average Bonchev–Trinajstić information content (AvgIpc) is 2.62. The van der Waals surface area contributed by atoms with Crippen LogP contribution in [0.4, 0.5) is 4.79 Å². The maximum atomic E-state index is 12.5. The third-order valence-corrected chi connectivity index (χ3v) is 5.11. The first kappa shape index (κ1) is 22.4. The maximum Gasteiger partial charge on any atom is 0.410 e. The molecule has 1 atom stereocenters. The SMILES string of the molecule is C=C(C/C=C/c1ccccc1S)NCCC1CCCCN1C(=O)OC(C)(C)C. The summed E-state index contributed by atoms with van der Waals surface area (Å²) in [5, 5.41) is 3.39. The lowest BCUT2D eigenvalue weighted by Gasteiger charge is -2.37. The number of carbonyl (C=O) groups is 1. The Morgan fingerprint density at radius 3 is 2.82 bits per heavy atom. The number of hydrogen-bond donors (Lipinski definition) is 2. The highest BCUT2D eigenvalue weighted by Gasteiger charge is 2.30. The second kappa shape index (κ2) is 10.6. The molecule has 1 heterocycles. The molecule has 4 nitrogen and oxygen atoms in total. The first-order valence-electron chi connectivity index (χ1n) is 10.1. The summed E-state index contributed by atoms with van der Waals surface area (Å²) < 4.78 is 5.57. The number of hydrogen-bond acceptors (Lipinski definition) is 4. The zero-order chi connectivity index (χ0) is 20.6. The minimum absolute atomic E-state index is 0.190. The molecule has 1 fully saturated rings. The molecule has 1 saturated heterocycles. The topological polar surface area (TPSA) is 41.6 Å². The molecule has 1 aliphatic rings. The van der Waals surface area contributed by atoms with Crippen molar-refractivity contribution < 1.29 is 9.53 Å². The molecule has 1 unspecified atom stereocenters. The molecule has 0 spiro atoms. The van der Waals surface area contributed by atoms with E-state index in [1.54, 1.807) is 0 Å². The van der Waals surface area contributed by atoms with Crippen LogP contribution in [0.5, 0.6) is 0 Å². The van der Waals surface area contributed by atoms with Crippen LogP contribution >= 0.6 is 12.6 Å². The standard InChI is InChI=1S/C23H34N2O2S/c1-18(10-9-12-19-11-5-6-14-21(19)28)24-16-15-20-13-7-8-17-25(20)22(26)27-23(2,3)4/h5-6,9,11-12,14,20,24,28H,1,7-8,10,13,15-17H2,2-4H3/b12-9+. The van der Waals surface area contributed by atoms with Crippen LogP contribution in [0.1, 0.15) is 58.4 Å². The van der Waals surface area contributed by atoms with Gasteiger partial charge in [-0.25, -0.2) is 4.79 Å². The summed E-state index contributed by atoms with van der Waals surface area (Å²) in [5.74, 6) is 0. The van der Waals surface area contributed by atoms with Gasteiger partial charge in [-0.1, -0.05) is 36.9 Å². The molecule has 28 heavy (non-hydrogen) atoms. The highest BCUT2D eigenvalue weighted by atomic mass is 32.1. The fourth-order valence-corrected chi connectivity index (χ4v) is 3.54. The van der Waals surface area contributed by atoms with Gasteiger partial charge in [0.15, 0.2) is 0 Å². The molecule has 154 valence electrons. The molecule has 2 rings (SSSR count). The van der Waals surface area contributed by atoms with Gasteiger partial charge in [0.2, 0.25) is 0 Å². The number of likely N-dealkylation sites (tertiary alicyclic amines) is 1. The van der Waals surface area contributed by atoms with E-state index in [9.17, 15) is 4.79 Å². The number of nitrogens with one attached hydrogen (secondary N) is 1. The van der Waals surface area contributed by atoms with Gasteiger partial charge in [-0.15, -0.1) is 12.6 Å². The summed E-state index contributed by atoms with van der Waals surface area (Å²) in [6, 6.07) is 8.24. The Labute approximate surface area is 175 Å². The number of rotatable bonds is 7. The van der Waals surface area contributed by atoms with Gasteiger partial charge >= 0.3 is 6.09 Å². The summed E-state index contributed by atoms with van der Waals surface area (Å²) in [6.07, 6.45) is 8.89. The molecular formula is C23H34N2O2S. The quantitative estimate of drug-likeness (QED) is 0.578. The van der Waals surface area contributed by atoms with Crippen molar-refractivity contribution in [1.82, 2.24) is 10.2 Å². The zero-order valence-electron chi connectivity index (χ0n) is 17.4. The largest absolute Gasteiger partial charge is 0.444 e. The van der Waals surface area contributed by atoms with Crippen LogP contribution < -0.4 is 5.32 Å². The number of allylic oxidation sites excluding steroid dienone is 1. The molecule has 1 amide bonds. The summed E-state index contributed by atoms with van der Waals surface area (Å²) in [4.78, 5) is 15.3. The second-order valence-corrected chi connectivity index (χ2v) is 8.79. The Kier molecular flexibility index (Phi) is 8.49. The van der Waals surface area contributed by atoms with Crippen LogP contribution in [0.15, 0.2) is 47.5 Å². The van der Waals surface area contributed by atoms with Crippen molar-refractivity contribution in [3.05, 3.63) is 48.2 Å². The highest BCUT2D eigenvalue weighted by molar-refractivity contribution is 7.80. The van der Waals surface area contributed by atoms with Crippen molar-refractivity contribution in [2.45, 2.75) is 69.4 Å². The van der Waals surface area contributed by atoms with E-state index in [-0.39, 0.29) is 12.1 Å². The lowest BCUT2D eigenvalue weighted by molar-refractivity contribution is 0.00901. The average molecular weight is 403 g/mol. The van der Waals surface area contributed by atoms with Crippen LogP contribution in [-0.4, -0.2) is 35.7 Å². The molecule has 0 saturated carbocycles. The molecule has 1 N–H and O–H groups in total. The van der Waals surface area contributed by atoms with Gasteiger partial charge in [0.1, 0.15) is 5.60 Å². The van der Waals surface area contributed by atoms with E-state index in [2.05, 4.69) is 36.7 Å². The highest BCUT2D eigenvalue weighted by Crippen LogP contribution is 2.22. The van der Waals surface area contributed by atoms with Crippen LogP contribution in [0.2, 0.25) is 0 Å². The van der Waals surface area contributed by atoms with Crippen molar-refractivity contribution in [3.8, 4) is 0 Å². The number of ether oxygens (including phenoxy) is 1. The maximum absolute atomic E-state index is 12.5. The predicted octanol–water partition coefficient (Wildman–Crippen LogP) is 5.66. The number of thiol groups is 1. The third kappa shape index (κ3) is 7.63. The smallest absolute Gasteiger partial charge is 0.410 e. The molecular weight excluding hydrogens is 368 g/mol. The lowest BCUT2D eigenvalue weighted by atomic mass is 10.00. The molecule has 1 aromatic carbocycles. The van der Waals surface area contributed by atoms with Gasteiger partial charge < -0.3 is 15.0 Å². The molecule has 1 aromatic rings.